The summed E-state index contributed by atoms with van der Waals surface area (Å²) in [6, 6.07) is 0. The van der Waals surface area contributed by atoms with Crippen LogP contribution in [0.5, 0.6) is 0 Å². The molecule has 1 rings (SSSR count). The minimum absolute atomic E-state index is 0.0120. The molecule has 1 heterocycles. The van der Waals surface area contributed by atoms with E-state index in [-0.39, 0.29) is 17.8 Å². The Morgan fingerprint density at radius 1 is 1.83 bits per heavy atom. The van der Waals surface area contributed by atoms with Gasteiger partial charge in [0.05, 0.1) is 17.8 Å². The van der Waals surface area contributed by atoms with Gasteiger partial charge in [-0.1, -0.05) is 13.0 Å². The Morgan fingerprint density at radius 2 is 2.50 bits per heavy atom. The predicted octanol–water partition coefficient (Wildman–Crippen LogP) is 1.88. The SMILES string of the molecule is C=CC1(C)CCC(C(O)CC)O1. The molecule has 0 aromatic carbocycles. The molecule has 1 aliphatic heterocycles. The number of hydrogen-bond acceptors (Lipinski definition) is 2. The van der Waals surface area contributed by atoms with Gasteiger partial charge < -0.3 is 9.84 Å². The minimum Gasteiger partial charge on any atom is -0.390 e. The lowest BCUT2D eigenvalue weighted by Crippen LogP contribution is -2.29. The van der Waals surface area contributed by atoms with Gasteiger partial charge in [0.15, 0.2) is 0 Å². The topological polar surface area (TPSA) is 29.5 Å². The van der Waals surface area contributed by atoms with Crippen LogP contribution in [-0.2, 0) is 4.74 Å². The number of rotatable bonds is 3. The molecule has 0 spiro atoms. The molecule has 2 nitrogen and oxygen atoms in total. The van der Waals surface area contributed by atoms with Crippen molar-refractivity contribution in [3.63, 3.8) is 0 Å². The third kappa shape index (κ3) is 1.87. The maximum absolute atomic E-state index is 9.53. The van der Waals surface area contributed by atoms with Crippen LogP contribution in [-0.4, -0.2) is 22.9 Å². The first-order chi connectivity index (χ1) is 5.61. The molecule has 1 fully saturated rings. The lowest BCUT2D eigenvalue weighted by atomic mass is 10.0. The van der Waals surface area contributed by atoms with Crippen LogP contribution >= 0.6 is 0 Å². The first-order valence-corrected chi connectivity index (χ1v) is 4.61. The highest BCUT2D eigenvalue weighted by Crippen LogP contribution is 2.32. The molecule has 0 radical (unpaired) electrons. The van der Waals surface area contributed by atoms with Crippen molar-refractivity contribution in [2.75, 3.05) is 0 Å². The predicted molar refractivity (Wildman–Crippen MR) is 49.0 cm³/mol. The molecular weight excluding hydrogens is 152 g/mol. The summed E-state index contributed by atoms with van der Waals surface area (Å²) in [5.74, 6) is 0. The molecule has 12 heavy (non-hydrogen) atoms. The second kappa shape index (κ2) is 3.58. The lowest BCUT2D eigenvalue weighted by Gasteiger charge is -2.22. The maximum Gasteiger partial charge on any atom is 0.0846 e. The van der Waals surface area contributed by atoms with Crippen molar-refractivity contribution in [2.45, 2.75) is 50.9 Å². The van der Waals surface area contributed by atoms with Crippen LogP contribution in [0, 0.1) is 0 Å². The Bertz CT molecular complexity index is 167. The monoisotopic (exact) mass is 170 g/mol. The van der Waals surface area contributed by atoms with Gasteiger partial charge in [-0.15, -0.1) is 6.58 Å². The minimum atomic E-state index is -0.313. The first-order valence-electron chi connectivity index (χ1n) is 4.61. The number of aliphatic hydroxyl groups excluding tert-OH is 1. The van der Waals surface area contributed by atoms with Gasteiger partial charge in [-0.3, -0.25) is 0 Å². The summed E-state index contributed by atoms with van der Waals surface area (Å²) in [5.41, 5.74) is -0.208. The van der Waals surface area contributed by atoms with Gasteiger partial charge in [-0.05, 0) is 26.2 Å². The summed E-state index contributed by atoms with van der Waals surface area (Å²) in [7, 11) is 0. The van der Waals surface area contributed by atoms with Gasteiger partial charge in [0, 0.05) is 0 Å². The molecule has 3 atom stereocenters. The van der Waals surface area contributed by atoms with E-state index in [2.05, 4.69) is 6.58 Å². The maximum atomic E-state index is 9.53. The molecule has 70 valence electrons. The van der Waals surface area contributed by atoms with Crippen LogP contribution in [0.4, 0.5) is 0 Å². The molecule has 1 aliphatic rings. The fourth-order valence-corrected chi connectivity index (χ4v) is 1.58. The Hall–Kier alpha value is -0.340. The third-order valence-corrected chi connectivity index (χ3v) is 2.63. The largest absolute Gasteiger partial charge is 0.390 e. The van der Waals surface area contributed by atoms with E-state index < -0.39 is 0 Å². The summed E-state index contributed by atoms with van der Waals surface area (Å²) < 4.78 is 5.68. The average Bonchev–Trinajstić information content (AvgIpc) is 2.48. The third-order valence-electron chi connectivity index (χ3n) is 2.63. The van der Waals surface area contributed by atoms with E-state index in [4.69, 9.17) is 4.74 Å². The van der Waals surface area contributed by atoms with E-state index in [9.17, 15) is 5.11 Å². The summed E-state index contributed by atoms with van der Waals surface area (Å²) in [6.45, 7) is 7.71. The molecule has 1 saturated heterocycles. The normalized spacial score (nSPS) is 38.1. The van der Waals surface area contributed by atoms with Crippen molar-refractivity contribution in [1.82, 2.24) is 0 Å². The smallest absolute Gasteiger partial charge is 0.0846 e. The van der Waals surface area contributed by atoms with E-state index in [0.29, 0.717) is 0 Å². The van der Waals surface area contributed by atoms with E-state index in [1.807, 2.05) is 19.9 Å². The highest BCUT2D eigenvalue weighted by atomic mass is 16.5. The zero-order chi connectivity index (χ0) is 9.19. The van der Waals surface area contributed by atoms with Crippen molar-refractivity contribution >= 4 is 0 Å². The van der Waals surface area contributed by atoms with Crippen LogP contribution in [0.1, 0.15) is 33.1 Å². The van der Waals surface area contributed by atoms with E-state index in [0.717, 1.165) is 19.3 Å². The quantitative estimate of drug-likeness (QED) is 0.655. The van der Waals surface area contributed by atoms with Crippen LogP contribution < -0.4 is 0 Å². The van der Waals surface area contributed by atoms with Crippen molar-refractivity contribution in [2.24, 2.45) is 0 Å². The number of ether oxygens (including phenoxy) is 1. The van der Waals surface area contributed by atoms with E-state index in [1.54, 1.807) is 0 Å². The van der Waals surface area contributed by atoms with Gasteiger partial charge in [-0.2, -0.15) is 0 Å². The Labute approximate surface area is 74.2 Å². The van der Waals surface area contributed by atoms with Crippen molar-refractivity contribution in [3.8, 4) is 0 Å². The van der Waals surface area contributed by atoms with Gasteiger partial charge in [0.25, 0.3) is 0 Å². The standard InChI is InChI=1S/C10H18O2/c1-4-8(11)9-6-7-10(3,5-2)12-9/h5,8-9,11H,2,4,6-7H2,1,3H3. The van der Waals surface area contributed by atoms with Gasteiger partial charge in [0.1, 0.15) is 0 Å². The van der Waals surface area contributed by atoms with Crippen LogP contribution in [0.15, 0.2) is 12.7 Å². The molecule has 0 bridgehead atoms. The van der Waals surface area contributed by atoms with Crippen LogP contribution in [0.2, 0.25) is 0 Å². The zero-order valence-electron chi connectivity index (χ0n) is 7.92. The highest BCUT2D eigenvalue weighted by Gasteiger charge is 2.36. The molecule has 0 amide bonds. The second-order valence-corrected chi connectivity index (χ2v) is 3.69. The molecular formula is C10H18O2. The summed E-state index contributed by atoms with van der Waals surface area (Å²) in [5, 5.41) is 9.53. The molecule has 0 aliphatic carbocycles. The van der Waals surface area contributed by atoms with Crippen molar-refractivity contribution in [3.05, 3.63) is 12.7 Å². The summed E-state index contributed by atoms with van der Waals surface area (Å²) in [4.78, 5) is 0. The first kappa shape index (κ1) is 9.75. The van der Waals surface area contributed by atoms with Crippen LogP contribution in [0.25, 0.3) is 0 Å². The molecule has 0 saturated carbocycles. The van der Waals surface area contributed by atoms with E-state index in [1.165, 1.54) is 0 Å². The molecule has 1 N–H and O–H groups in total. The molecule has 0 aromatic rings. The fourth-order valence-electron chi connectivity index (χ4n) is 1.58. The highest BCUT2D eigenvalue weighted by molar-refractivity contribution is 4.99. The van der Waals surface area contributed by atoms with Crippen LogP contribution in [0.3, 0.4) is 0 Å². The lowest BCUT2D eigenvalue weighted by molar-refractivity contribution is -0.0586. The summed E-state index contributed by atoms with van der Waals surface area (Å²) in [6.07, 6.45) is 4.20. The van der Waals surface area contributed by atoms with Gasteiger partial charge in [0.2, 0.25) is 0 Å². The van der Waals surface area contributed by atoms with Crippen molar-refractivity contribution < 1.29 is 9.84 Å². The molecule has 3 unspecified atom stereocenters. The Kier molecular flexibility index (Phi) is 2.91. The zero-order valence-corrected chi connectivity index (χ0v) is 7.92. The Balaban J connectivity index is 2.50. The van der Waals surface area contributed by atoms with Crippen molar-refractivity contribution in [1.29, 1.82) is 0 Å². The molecule has 0 aromatic heterocycles. The van der Waals surface area contributed by atoms with Gasteiger partial charge >= 0.3 is 0 Å². The number of aliphatic hydroxyl groups is 1. The molecule has 2 heteroatoms. The van der Waals surface area contributed by atoms with Gasteiger partial charge in [-0.25, -0.2) is 0 Å². The average molecular weight is 170 g/mol. The second-order valence-electron chi connectivity index (χ2n) is 3.69. The number of hydrogen-bond donors (Lipinski definition) is 1. The van der Waals surface area contributed by atoms with E-state index >= 15 is 0 Å². The summed E-state index contributed by atoms with van der Waals surface area (Å²) >= 11 is 0. The Morgan fingerprint density at radius 3 is 2.92 bits per heavy atom. The fraction of sp³-hybridized carbons (Fsp3) is 0.800.